The Hall–Kier alpha value is -2.42. The molecule has 1 fully saturated rings. The van der Waals surface area contributed by atoms with Crippen LogP contribution in [-0.2, 0) is 11.3 Å². The van der Waals surface area contributed by atoms with Gasteiger partial charge in [-0.3, -0.25) is 9.48 Å². The van der Waals surface area contributed by atoms with Gasteiger partial charge in [-0.2, -0.15) is 5.10 Å². The number of amides is 1. The molecule has 30 heavy (non-hydrogen) atoms. The van der Waals surface area contributed by atoms with E-state index in [0.717, 1.165) is 23.6 Å². The summed E-state index contributed by atoms with van der Waals surface area (Å²) in [4.78, 5) is 11.9. The van der Waals surface area contributed by atoms with E-state index >= 15 is 0 Å². The Morgan fingerprint density at radius 2 is 1.90 bits per heavy atom. The van der Waals surface area contributed by atoms with E-state index in [2.05, 4.69) is 25.9 Å². The minimum absolute atomic E-state index is 0.0409. The Bertz CT molecular complexity index is 1060. The van der Waals surface area contributed by atoms with Crippen molar-refractivity contribution in [1.29, 1.82) is 0 Å². The zero-order valence-corrected chi connectivity index (χ0v) is 17.7. The smallest absolute Gasteiger partial charge is 0.241 e. The number of aliphatic hydroxyl groups excluding tert-OH is 1. The Morgan fingerprint density at radius 1 is 1.17 bits per heavy atom. The molecule has 1 aliphatic rings. The molecule has 2 aromatic heterocycles. The normalized spacial score (nSPS) is 14.4. The molecule has 8 nitrogen and oxygen atoms in total. The lowest BCUT2D eigenvalue weighted by Gasteiger charge is -2.15. The predicted octanol–water partition coefficient (Wildman–Crippen LogP) is 3.26. The van der Waals surface area contributed by atoms with Gasteiger partial charge in [0.2, 0.25) is 5.91 Å². The van der Waals surface area contributed by atoms with Crippen molar-refractivity contribution in [3.8, 4) is 11.3 Å². The van der Waals surface area contributed by atoms with Crippen molar-refractivity contribution in [1.82, 2.24) is 25.3 Å². The monoisotopic (exact) mass is 448 g/mol. The van der Waals surface area contributed by atoms with Crippen LogP contribution in [0, 0.1) is 0 Å². The molecule has 4 rings (SSSR count). The maximum absolute atomic E-state index is 11.9. The summed E-state index contributed by atoms with van der Waals surface area (Å²) in [5, 5.41) is 30.5. The van der Waals surface area contributed by atoms with E-state index in [-0.39, 0.29) is 25.6 Å². The van der Waals surface area contributed by atoms with Crippen LogP contribution in [0.5, 0.6) is 0 Å². The van der Waals surface area contributed by atoms with Crippen LogP contribution >= 0.6 is 23.2 Å². The highest BCUT2D eigenvalue weighted by Crippen LogP contribution is 2.36. The molecule has 1 aromatic carbocycles. The number of nitrogens with one attached hydrogen (secondary N) is 2. The highest BCUT2D eigenvalue weighted by atomic mass is 35.5. The van der Waals surface area contributed by atoms with Crippen molar-refractivity contribution in [2.45, 2.75) is 38.3 Å². The topological polar surface area (TPSA) is 105 Å². The van der Waals surface area contributed by atoms with Crippen LogP contribution in [-0.4, -0.2) is 50.2 Å². The predicted molar refractivity (Wildman–Crippen MR) is 117 cm³/mol. The summed E-state index contributed by atoms with van der Waals surface area (Å²) in [7, 11) is 0. The fraction of sp³-hybridized carbons (Fsp3) is 0.400. The van der Waals surface area contributed by atoms with Crippen LogP contribution in [0.4, 0.5) is 5.82 Å². The number of benzene rings is 1. The van der Waals surface area contributed by atoms with Gasteiger partial charge in [-0.25, -0.2) is 0 Å². The van der Waals surface area contributed by atoms with Crippen LogP contribution in [0.2, 0.25) is 10.0 Å². The van der Waals surface area contributed by atoms with Gasteiger partial charge < -0.3 is 15.7 Å². The van der Waals surface area contributed by atoms with Crippen LogP contribution in [0.15, 0.2) is 24.5 Å². The Balaban J connectivity index is 1.67. The molecule has 0 atom stereocenters. The van der Waals surface area contributed by atoms with E-state index < -0.39 is 0 Å². The van der Waals surface area contributed by atoms with E-state index in [0.29, 0.717) is 33.2 Å². The lowest BCUT2D eigenvalue weighted by Crippen LogP contribution is -2.30. The average Bonchev–Trinajstić information content (AvgIpc) is 3.40. The fourth-order valence-corrected chi connectivity index (χ4v) is 4.03. The minimum atomic E-state index is -0.236. The minimum Gasteiger partial charge on any atom is -0.395 e. The molecular weight excluding hydrogens is 427 g/mol. The van der Waals surface area contributed by atoms with Gasteiger partial charge in [-0.15, -0.1) is 10.2 Å². The largest absolute Gasteiger partial charge is 0.395 e. The van der Waals surface area contributed by atoms with Crippen LogP contribution in [0.25, 0.3) is 22.0 Å². The van der Waals surface area contributed by atoms with E-state index in [1.165, 1.54) is 17.5 Å². The SMILES string of the molecule is O=C(Cn1cc(-c2nnc(NC3CCCC3)c3cc(Cl)c(Cl)cc23)cn1)NCCO. The number of anilines is 1. The quantitative estimate of drug-likeness (QED) is 0.512. The summed E-state index contributed by atoms with van der Waals surface area (Å²) in [5.41, 5.74) is 1.33. The number of aromatic nitrogens is 4. The number of nitrogens with zero attached hydrogens (tertiary/aromatic N) is 4. The highest BCUT2D eigenvalue weighted by Gasteiger charge is 2.20. The molecule has 0 bridgehead atoms. The molecule has 0 spiro atoms. The van der Waals surface area contributed by atoms with Gasteiger partial charge in [0.1, 0.15) is 12.2 Å². The van der Waals surface area contributed by atoms with Crippen LogP contribution < -0.4 is 10.6 Å². The zero-order chi connectivity index (χ0) is 21.1. The number of aliphatic hydroxyl groups is 1. The molecule has 1 amide bonds. The summed E-state index contributed by atoms with van der Waals surface area (Å²) in [6, 6.07) is 3.97. The molecule has 0 radical (unpaired) electrons. The van der Waals surface area contributed by atoms with Crippen molar-refractivity contribution < 1.29 is 9.90 Å². The Labute approximate surface area is 183 Å². The van der Waals surface area contributed by atoms with E-state index in [9.17, 15) is 4.79 Å². The first kappa shape index (κ1) is 20.8. The van der Waals surface area contributed by atoms with Crippen molar-refractivity contribution >= 4 is 45.7 Å². The van der Waals surface area contributed by atoms with E-state index in [4.69, 9.17) is 28.3 Å². The molecule has 3 aromatic rings. The van der Waals surface area contributed by atoms with Crippen molar-refractivity contribution in [3.63, 3.8) is 0 Å². The lowest BCUT2D eigenvalue weighted by atomic mass is 10.1. The second kappa shape index (κ2) is 9.16. The van der Waals surface area contributed by atoms with Crippen molar-refractivity contribution in [2.75, 3.05) is 18.5 Å². The number of halogens is 2. The number of rotatable bonds is 7. The number of carbonyl (C=O) groups excluding carboxylic acids is 1. The third-order valence-electron chi connectivity index (χ3n) is 5.16. The first-order chi connectivity index (χ1) is 14.5. The second-order valence-electron chi connectivity index (χ2n) is 7.33. The number of hydrogen-bond donors (Lipinski definition) is 3. The molecule has 158 valence electrons. The second-order valence-corrected chi connectivity index (χ2v) is 8.15. The first-order valence-corrected chi connectivity index (χ1v) is 10.6. The highest BCUT2D eigenvalue weighted by molar-refractivity contribution is 6.43. The molecule has 2 heterocycles. The van der Waals surface area contributed by atoms with Crippen molar-refractivity contribution in [3.05, 3.63) is 34.6 Å². The van der Waals surface area contributed by atoms with Gasteiger partial charge in [0, 0.05) is 35.1 Å². The molecule has 0 aliphatic heterocycles. The number of hydrogen-bond acceptors (Lipinski definition) is 6. The molecular formula is C20H22Cl2N6O2. The lowest BCUT2D eigenvalue weighted by molar-refractivity contribution is -0.122. The fourth-order valence-electron chi connectivity index (χ4n) is 3.70. The van der Waals surface area contributed by atoms with Crippen LogP contribution in [0.3, 0.4) is 0 Å². The standard InChI is InChI=1S/C20H22Cl2N6O2/c21-16-7-14-15(8-17(16)22)20(25-13-3-1-2-4-13)27-26-19(14)12-9-24-28(10-12)11-18(30)23-5-6-29/h7-10,13,29H,1-6,11H2,(H,23,30)(H,25,27). The molecule has 1 aliphatic carbocycles. The third-order valence-corrected chi connectivity index (χ3v) is 5.89. The van der Waals surface area contributed by atoms with Gasteiger partial charge in [0.15, 0.2) is 5.82 Å². The van der Waals surface area contributed by atoms with Gasteiger partial charge >= 0.3 is 0 Å². The summed E-state index contributed by atoms with van der Waals surface area (Å²) >= 11 is 12.6. The molecule has 1 saturated carbocycles. The van der Waals surface area contributed by atoms with E-state index in [1.807, 2.05) is 0 Å². The van der Waals surface area contributed by atoms with Gasteiger partial charge in [-0.1, -0.05) is 36.0 Å². The Kier molecular flexibility index (Phi) is 6.36. The average molecular weight is 449 g/mol. The molecule has 0 unspecified atom stereocenters. The summed E-state index contributed by atoms with van der Waals surface area (Å²) in [5.74, 6) is 0.454. The molecule has 0 saturated heterocycles. The zero-order valence-electron chi connectivity index (χ0n) is 16.2. The number of carbonyl (C=O) groups is 1. The maximum Gasteiger partial charge on any atom is 0.241 e. The summed E-state index contributed by atoms with van der Waals surface area (Å²) in [6.45, 7) is 0.138. The third kappa shape index (κ3) is 4.50. The summed E-state index contributed by atoms with van der Waals surface area (Å²) in [6.07, 6.45) is 8.00. The van der Waals surface area contributed by atoms with E-state index in [1.54, 1.807) is 24.5 Å². The first-order valence-electron chi connectivity index (χ1n) is 9.87. The van der Waals surface area contributed by atoms with Crippen LogP contribution in [0.1, 0.15) is 25.7 Å². The Morgan fingerprint density at radius 3 is 2.63 bits per heavy atom. The molecule has 3 N–H and O–H groups in total. The summed E-state index contributed by atoms with van der Waals surface area (Å²) < 4.78 is 1.51. The molecule has 10 heteroatoms. The van der Waals surface area contributed by atoms with Gasteiger partial charge in [0.25, 0.3) is 0 Å². The number of fused-ring (bicyclic) bond motifs is 1. The van der Waals surface area contributed by atoms with Gasteiger partial charge in [0.05, 0.1) is 22.8 Å². The van der Waals surface area contributed by atoms with Crippen molar-refractivity contribution in [2.24, 2.45) is 0 Å². The van der Waals surface area contributed by atoms with Gasteiger partial charge in [-0.05, 0) is 25.0 Å². The maximum atomic E-state index is 11.9.